The Morgan fingerprint density at radius 2 is 1.90 bits per heavy atom. The molecule has 1 heterocycles. The van der Waals surface area contributed by atoms with Gasteiger partial charge in [-0.25, -0.2) is 4.98 Å². The van der Waals surface area contributed by atoms with E-state index in [2.05, 4.69) is 17.2 Å². The molecule has 1 aromatic carbocycles. The van der Waals surface area contributed by atoms with Gasteiger partial charge in [0, 0.05) is 17.5 Å². The molecule has 0 spiro atoms. The van der Waals surface area contributed by atoms with Gasteiger partial charge in [-0.2, -0.15) is 13.2 Å². The smallest absolute Gasteiger partial charge is 0.310 e. The minimum atomic E-state index is -4.30. The van der Waals surface area contributed by atoms with E-state index < -0.39 is 11.7 Å². The number of hydrogen-bond donors (Lipinski definition) is 1. The second-order valence-corrected chi connectivity index (χ2v) is 5.32. The van der Waals surface area contributed by atoms with E-state index in [1.54, 1.807) is 0 Å². The van der Waals surface area contributed by atoms with Gasteiger partial charge in [-0.15, -0.1) is 11.3 Å². The summed E-state index contributed by atoms with van der Waals surface area (Å²) in [5.74, 6) is 0. The van der Waals surface area contributed by atoms with Crippen LogP contribution in [0.3, 0.4) is 0 Å². The number of benzene rings is 1. The molecule has 0 radical (unpaired) electrons. The molecule has 2 aromatic rings. The van der Waals surface area contributed by atoms with Crippen molar-refractivity contribution in [2.45, 2.75) is 26.1 Å². The molecule has 1 aromatic heterocycles. The summed E-state index contributed by atoms with van der Waals surface area (Å²) in [6.45, 7) is 3.71. The van der Waals surface area contributed by atoms with Crippen LogP contribution in [0.5, 0.6) is 0 Å². The lowest BCUT2D eigenvalue weighted by atomic mass is 10.1. The van der Waals surface area contributed by atoms with Crippen molar-refractivity contribution in [3.63, 3.8) is 0 Å². The first-order valence-electron chi connectivity index (χ1n) is 6.33. The number of alkyl halides is 3. The van der Waals surface area contributed by atoms with Crippen LogP contribution in [0.4, 0.5) is 13.2 Å². The van der Waals surface area contributed by atoms with Crippen LogP contribution in [0, 0.1) is 0 Å². The molecule has 108 valence electrons. The Balaban J connectivity index is 2.08. The van der Waals surface area contributed by atoms with Gasteiger partial charge in [0.05, 0.1) is 11.3 Å². The zero-order valence-electron chi connectivity index (χ0n) is 11.0. The van der Waals surface area contributed by atoms with Crippen LogP contribution in [-0.2, 0) is 12.7 Å². The predicted octanol–water partition coefficient (Wildman–Crippen LogP) is 4.33. The Morgan fingerprint density at radius 3 is 2.50 bits per heavy atom. The Morgan fingerprint density at radius 1 is 1.20 bits per heavy atom. The van der Waals surface area contributed by atoms with E-state index in [1.165, 1.54) is 23.5 Å². The second kappa shape index (κ2) is 6.37. The van der Waals surface area contributed by atoms with Crippen molar-refractivity contribution >= 4 is 11.3 Å². The van der Waals surface area contributed by atoms with Gasteiger partial charge in [-0.3, -0.25) is 0 Å². The fourth-order valence-corrected chi connectivity index (χ4v) is 2.50. The highest BCUT2D eigenvalue weighted by Gasteiger charge is 2.30. The quantitative estimate of drug-likeness (QED) is 0.831. The summed E-state index contributed by atoms with van der Waals surface area (Å²) in [5.41, 5.74) is 0.786. The molecule has 0 saturated heterocycles. The molecule has 0 aliphatic rings. The Bertz CT molecular complexity index is 546. The van der Waals surface area contributed by atoms with E-state index in [-0.39, 0.29) is 0 Å². The Kier molecular flexibility index (Phi) is 4.77. The molecule has 0 atom stereocenters. The molecule has 6 heteroatoms. The van der Waals surface area contributed by atoms with Gasteiger partial charge in [0.1, 0.15) is 5.01 Å². The van der Waals surface area contributed by atoms with Crippen molar-refractivity contribution in [3.8, 4) is 11.3 Å². The molecule has 0 saturated carbocycles. The highest BCUT2D eigenvalue weighted by atomic mass is 32.1. The molecule has 1 N–H and O–H groups in total. The topological polar surface area (TPSA) is 24.9 Å². The lowest BCUT2D eigenvalue weighted by molar-refractivity contribution is -0.137. The highest BCUT2D eigenvalue weighted by molar-refractivity contribution is 7.09. The summed E-state index contributed by atoms with van der Waals surface area (Å²) < 4.78 is 37.4. The van der Waals surface area contributed by atoms with Crippen molar-refractivity contribution < 1.29 is 13.2 Å². The third-order valence-electron chi connectivity index (χ3n) is 2.76. The second-order valence-electron chi connectivity index (χ2n) is 4.38. The van der Waals surface area contributed by atoms with Gasteiger partial charge >= 0.3 is 6.18 Å². The zero-order chi connectivity index (χ0) is 14.6. The number of nitrogens with zero attached hydrogens (tertiary/aromatic N) is 1. The normalized spacial score (nSPS) is 11.8. The van der Waals surface area contributed by atoms with Crippen LogP contribution >= 0.6 is 11.3 Å². The molecule has 0 aliphatic heterocycles. The number of rotatable bonds is 5. The maximum atomic E-state index is 12.5. The fourth-order valence-electron chi connectivity index (χ4n) is 1.73. The van der Waals surface area contributed by atoms with Crippen molar-refractivity contribution in [1.29, 1.82) is 0 Å². The van der Waals surface area contributed by atoms with Gasteiger partial charge in [-0.1, -0.05) is 19.1 Å². The van der Waals surface area contributed by atoms with Crippen molar-refractivity contribution in [3.05, 3.63) is 40.2 Å². The van der Waals surface area contributed by atoms with E-state index in [1.807, 2.05) is 5.38 Å². The van der Waals surface area contributed by atoms with Gasteiger partial charge < -0.3 is 5.32 Å². The lowest BCUT2D eigenvalue weighted by Crippen LogP contribution is -2.13. The zero-order valence-corrected chi connectivity index (χ0v) is 11.8. The summed E-state index contributed by atoms with van der Waals surface area (Å²) >= 11 is 1.51. The van der Waals surface area contributed by atoms with E-state index >= 15 is 0 Å². The largest absolute Gasteiger partial charge is 0.416 e. The van der Waals surface area contributed by atoms with Crippen LogP contribution in [0.25, 0.3) is 11.3 Å². The standard InChI is InChI=1S/C14H15F3N2S/c1-2-7-18-8-13-19-12(9-20-13)10-3-5-11(6-4-10)14(15,16)17/h3-6,9,18H,2,7-8H2,1H3. The molecule has 0 fully saturated rings. The Labute approximate surface area is 119 Å². The molecule has 0 bridgehead atoms. The van der Waals surface area contributed by atoms with Crippen molar-refractivity contribution in [1.82, 2.24) is 10.3 Å². The summed E-state index contributed by atoms with van der Waals surface area (Å²) in [6, 6.07) is 5.09. The van der Waals surface area contributed by atoms with E-state index in [4.69, 9.17) is 0 Å². The third-order valence-corrected chi connectivity index (χ3v) is 3.61. The minimum absolute atomic E-state index is 0.638. The lowest BCUT2D eigenvalue weighted by Gasteiger charge is -2.06. The van der Waals surface area contributed by atoms with Gasteiger partial charge in [0.2, 0.25) is 0 Å². The number of thiazole rings is 1. The number of halogens is 3. The molecule has 2 rings (SSSR count). The molecular formula is C14H15F3N2S. The molecular weight excluding hydrogens is 285 g/mol. The van der Waals surface area contributed by atoms with Gasteiger partial charge in [0.15, 0.2) is 0 Å². The van der Waals surface area contributed by atoms with Crippen LogP contribution in [0.1, 0.15) is 23.9 Å². The first kappa shape index (κ1) is 15.0. The summed E-state index contributed by atoms with van der Waals surface area (Å²) in [5, 5.41) is 6.05. The van der Waals surface area contributed by atoms with Gasteiger partial charge in [0.25, 0.3) is 0 Å². The van der Waals surface area contributed by atoms with Crippen LogP contribution in [0.15, 0.2) is 29.6 Å². The third kappa shape index (κ3) is 3.80. The van der Waals surface area contributed by atoms with Gasteiger partial charge in [-0.05, 0) is 25.1 Å². The van der Waals surface area contributed by atoms with E-state index in [9.17, 15) is 13.2 Å². The maximum absolute atomic E-state index is 12.5. The summed E-state index contributed by atoms with van der Waals surface area (Å²) in [6.07, 6.45) is -3.24. The first-order valence-corrected chi connectivity index (χ1v) is 7.21. The first-order chi connectivity index (χ1) is 9.50. The maximum Gasteiger partial charge on any atom is 0.416 e. The molecule has 0 amide bonds. The highest BCUT2D eigenvalue weighted by Crippen LogP contribution is 2.31. The fraction of sp³-hybridized carbons (Fsp3) is 0.357. The number of nitrogens with one attached hydrogen (secondary N) is 1. The van der Waals surface area contributed by atoms with Crippen LogP contribution in [0.2, 0.25) is 0 Å². The van der Waals surface area contributed by atoms with Crippen molar-refractivity contribution in [2.75, 3.05) is 6.54 Å². The molecule has 0 aliphatic carbocycles. The van der Waals surface area contributed by atoms with Crippen molar-refractivity contribution in [2.24, 2.45) is 0 Å². The van der Waals surface area contributed by atoms with Crippen LogP contribution in [-0.4, -0.2) is 11.5 Å². The average molecular weight is 300 g/mol. The monoisotopic (exact) mass is 300 g/mol. The molecule has 0 unspecified atom stereocenters. The average Bonchev–Trinajstić information content (AvgIpc) is 2.87. The summed E-state index contributed by atoms with van der Waals surface area (Å²) in [4.78, 5) is 4.42. The predicted molar refractivity (Wildman–Crippen MR) is 74.5 cm³/mol. The number of aromatic nitrogens is 1. The number of hydrogen-bond acceptors (Lipinski definition) is 3. The molecule has 20 heavy (non-hydrogen) atoms. The van der Waals surface area contributed by atoms with E-state index in [0.717, 1.165) is 35.8 Å². The van der Waals surface area contributed by atoms with Crippen LogP contribution < -0.4 is 5.32 Å². The summed E-state index contributed by atoms with van der Waals surface area (Å²) in [7, 11) is 0. The van der Waals surface area contributed by atoms with E-state index in [0.29, 0.717) is 12.1 Å². The molecule has 2 nitrogen and oxygen atoms in total. The SMILES string of the molecule is CCCNCc1nc(-c2ccc(C(F)(F)F)cc2)cs1. The minimum Gasteiger partial charge on any atom is -0.310 e. The Hall–Kier alpha value is -1.40.